The van der Waals surface area contributed by atoms with Crippen molar-refractivity contribution in [2.24, 2.45) is 0 Å². The molecule has 0 fully saturated rings. The second-order valence-electron chi connectivity index (χ2n) is 17.2. The quantitative estimate of drug-likeness (QED) is 0.145. The summed E-state index contributed by atoms with van der Waals surface area (Å²) in [6.07, 6.45) is 0. The maximum atomic E-state index is 5.53. The Kier molecular flexibility index (Phi) is 9.84. The van der Waals surface area contributed by atoms with Crippen molar-refractivity contribution < 1.29 is 0 Å². The minimum atomic E-state index is -2.00. The van der Waals surface area contributed by atoms with Gasteiger partial charge in [-0.1, -0.05) is 176 Å². The van der Waals surface area contributed by atoms with Crippen LogP contribution >= 0.6 is 10.0 Å². The fraction of sp³-hybridized carbons (Fsp3) is 0. The molecule has 0 spiro atoms. The molecule has 0 saturated heterocycles. The Morgan fingerprint density at radius 2 is 0.609 bits per heavy atom. The number of hydrogen-bond donors (Lipinski definition) is 0. The van der Waals surface area contributed by atoms with Crippen LogP contribution in [0, 0.1) is 0 Å². The first-order chi connectivity index (χ1) is 34.2. The van der Waals surface area contributed by atoms with Gasteiger partial charge in [0.2, 0.25) is 11.9 Å². The highest BCUT2D eigenvalue weighted by atomic mass is 32.3. The SMILES string of the molecule is c1ccc(-c2ccc3c(c2)c2ccccc2n3-c2nc(-c3cccc(S(c4ccccc4)(c4ccccc4)c4ccccc4)c3)nc(-n3c4ccccc4c4cc(-c5ccccc5)ccc43)n2)cc1. The summed E-state index contributed by atoms with van der Waals surface area (Å²) in [4.78, 5) is 21.5. The van der Waals surface area contributed by atoms with Gasteiger partial charge in [-0.2, -0.15) is 15.0 Å². The van der Waals surface area contributed by atoms with E-state index in [1.165, 1.54) is 30.7 Å². The molecular formula is C63H43N5S. The summed E-state index contributed by atoms with van der Waals surface area (Å²) < 4.78 is 4.43. The zero-order valence-corrected chi connectivity index (χ0v) is 38.3. The maximum Gasteiger partial charge on any atom is 0.240 e. The third-order valence-electron chi connectivity index (χ3n) is 13.3. The minimum absolute atomic E-state index is 0.540. The molecule has 0 unspecified atom stereocenters. The van der Waals surface area contributed by atoms with Crippen LogP contribution in [-0.4, -0.2) is 24.1 Å². The van der Waals surface area contributed by atoms with E-state index < -0.39 is 10.0 Å². The van der Waals surface area contributed by atoms with Crippen LogP contribution in [0.5, 0.6) is 0 Å². The molecule has 0 atom stereocenters. The zero-order valence-electron chi connectivity index (χ0n) is 37.5. The summed E-state index contributed by atoms with van der Waals surface area (Å²) in [5.74, 6) is 1.66. The van der Waals surface area contributed by atoms with Gasteiger partial charge in [-0.05, 0) is 107 Å². The van der Waals surface area contributed by atoms with Gasteiger partial charge in [0.25, 0.3) is 0 Å². The lowest BCUT2D eigenvalue weighted by atomic mass is 10.0. The van der Waals surface area contributed by atoms with Crippen molar-refractivity contribution in [2.75, 3.05) is 0 Å². The van der Waals surface area contributed by atoms with E-state index in [1.807, 2.05) is 0 Å². The van der Waals surface area contributed by atoms with Crippen LogP contribution in [0.15, 0.2) is 280 Å². The first-order valence-corrected chi connectivity index (χ1v) is 24.9. The molecule has 13 aromatic rings. The summed E-state index contributed by atoms with van der Waals surface area (Å²) in [5, 5.41) is 4.51. The van der Waals surface area contributed by atoms with Crippen molar-refractivity contribution in [1.82, 2.24) is 24.1 Å². The van der Waals surface area contributed by atoms with E-state index >= 15 is 0 Å². The molecule has 3 heterocycles. The number of benzene rings is 10. The molecule has 0 aliphatic rings. The summed E-state index contributed by atoms with van der Waals surface area (Å²) >= 11 is 0. The van der Waals surface area contributed by atoms with Crippen molar-refractivity contribution in [3.63, 3.8) is 0 Å². The van der Waals surface area contributed by atoms with Gasteiger partial charge in [0.05, 0.1) is 22.1 Å². The molecule has 326 valence electrons. The second kappa shape index (κ2) is 16.8. The van der Waals surface area contributed by atoms with Crippen molar-refractivity contribution >= 4 is 53.6 Å². The van der Waals surface area contributed by atoms with Crippen LogP contribution in [0.4, 0.5) is 0 Å². The standard InChI is InChI=1S/C63H43N5S/c1-6-21-44(22-7-1)46-37-39-59-55(42-46)53-33-16-18-35-57(53)67(59)62-64-61(65-63(66-62)68-58-36-19-17-34-54(58)56-43-47(38-40-60(56)68)45-23-8-2-9-24-45)48-25-20-32-52(41-48)69(49-26-10-3-11-27-49,50-28-12-4-13-29-50)51-30-14-5-15-31-51/h1-43H. The molecule has 6 heteroatoms. The largest absolute Gasteiger partial charge is 0.278 e. The fourth-order valence-corrected chi connectivity index (χ4v) is 14.1. The molecule has 13 rings (SSSR count). The number of rotatable bonds is 9. The molecule has 0 saturated carbocycles. The van der Waals surface area contributed by atoms with E-state index in [0.717, 1.165) is 60.3 Å². The Hall–Kier alpha value is -8.84. The lowest BCUT2D eigenvalue weighted by Gasteiger charge is -2.42. The Bertz CT molecular complexity index is 3730. The Balaban J connectivity index is 1.09. The number of para-hydroxylation sites is 2. The molecule has 0 N–H and O–H groups in total. The lowest BCUT2D eigenvalue weighted by molar-refractivity contribution is 0.892. The summed E-state index contributed by atoms with van der Waals surface area (Å²) in [5.41, 5.74) is 9.62. The molecule has 0 radical (unpaired) electrons. The number of nitrogens with zero attached hydrogens (tertiary/aromatic N) is 5. The summed E-state index contributed by atoms with van der Waals surface area (Å²) in [7, 11) is -2.00. The van der Waals surface area contributed by atoms with Gasteiger partial charge in [0, 0.05) is 46.7 Å². The van der Waals surface area contributed by atoms with Crippen LogP contribution in [0.3, 0.4) is 0 Å². The maximum absolute atomic E-state index is 5.53. The van der Waals surface area contributed by atoms with Crippen LogP contribution in [0.1, 0.15) is 0 Å². The van der Waals surface area contributed by atoms with E-state index in [4.69, 9.17) is 15.0 Å². The van der Waals surface area contributed by atoms with Crippen molar-refractivity contribution in [3.05, 3.63) is 261 Å². The Labute approximate surface area is 401 Å². The minimum Gasteiger partial charge on any atom is -0.278 e. The highest BCUT2D eigenvalue weighted by Gasteiger charge is 2.34. The smallest absolute Gasteiger partial charge is 0.240 e. The predicted octanol–water partition coefficient (Wildman–Crippen LogP) is 16.4. The molecular weight excluding hydrogens is 859 g/mol. The number of aromatic nitrogens is 5. The van der Waals surface area contributed by atoms with Gasteiger partial charge in [0.1, 0.15) is 0 Å². The van der Waals surface area contributed by atoms with E-state index in [0.29, 0.717) is 17.7 Å². The molecule has 3 aromatic heterocycles. The van der Waals surface area contributed by atoms with E-state index in [1.54, 1.807) is 0 Å². The van der Waals surface area contributed by atoms with Crippen LogP contribution < -0.4 is 0 Å². The average Bonchev–Trinajstić information content (AvgIpc) is 3.95. The fourth-order valence-electron chi connectivity index (χ4n) is 10.2. The topological polar surface area (TPSA) is 48.5 Å². The van der Waals surface area contributed by atoms with E-state index in [2.05, 4.69) is 270 Å². The van der Waals surface area contributed by atoms with Crippen molar-refractivity contribution in [3.8, 4) is 45.5 Å². The van der Waals surface area contributed by atoms with Gasteiger partial charge in [-0.3, -0.25) is 9.13 Å². The summed E-state index contributed by atoms with van der Waals surface area (Å²) in [6.45, 7) is 0. The van der Waals surface area contributed by atoms with Crippen LogP contribution in [0.25, 0.3) is 89.2 Å². The average molecular weight is 902 g/mol. The normalized spacial score (nSPS) is 12.0. The first-order valence-electron chi connectivity index (χ1n) is 23.3. The monoisotopic (exact) mass is 901 g/mol. The van der Waals surface area contributed by atoms with Crippen molar-refractivity contribution in [1.29, 1.82) is 0 Å². The third kappa shape index (κ3) is 6.75. The van der Waals surface area contributed by atoms with Crippen LogP contribution in [0.2, 0.25) is 0 Å². The van der Waals surface area contributed by atoms with Crippen molar-refractivity contribution in [2.45, 2.75) is 19.6 Å². The molecule has 5 nitrogen and oxygen atoms in total. The molecule has 69 heavy (non-hydrogen) atoms. The molecule has 0 bridgehead atoms. The number of hydrogen-bond acceptors (Lipinski definition) is 3. The van der Waals surface area contributed by atoms with Gasteiger partial charge < -0.3 is 0 Å². The molecule has 0 aliphatic heterocycles. The highest BCUT2D eigenvalue weighted by molar-refractivity contribution is 8.34. The lowest BCUT2D eigenvalue weighted by Crippen LogP contribution is -2.10. The van der Waals surface area contributed by atoms with E-state index in [-0.39, 0.29) is 0 Å². The molecule has 10 aromatic carbocycles. The highest BCUT2D eigenvalue weighted by Crippen LogP contribution is 2.73. The van der Waals surface area contributed by atoms with Crippen LogP contribution in [-0.2, 0) is 0 Å². The van der Waals surface area contributed by atoms with Gasteiger partial charge in [-0.15, -0.1) is 10.0 Å². The van der Waals surface area contributed by atoms with Gasteiger partial charge in [-0.25, -0.2) is 0 Å². The molecule has 0 aliphatic carbocycles. The molecule has 0 amide bonds. The van der Waals surface area contributed by atoms with Gasteiger partial charge >= 0.3 is 0 Å². The van der Waals surface area contributed by atoms with E-state index in [9.17, 15) is 0 Å². The Morgan fingerprint density at radius 3 is 1.06 bits per heavy atom. The first kappa shape index (κ1) is 40.4. The van der Waals surface area contributed by atoms with Gasteiger partial charge in [0.15, 0.2) is 5.82 Å². The zero-order chi connectivity index (χ0) is 45.7. The predicted molar refractivity (Wildman–Crippen MR) is 285 cm³/mol. The second-order valence-corrected chi connectivity index (χ2v) is 20.3. The number of fused-ring (bicyclic) bond motifs is 6. The summed E-state index contributed by atoms with van der Waals surface area (Å²) in [6, 6.07) is 93.5. The third-order valence-corrected chi connectivity index (χ3v) is 17.2. The Morgan fingerprint density at radius 1 is 0.246 bits per heavy atom.